The molecule has 0 aliphatic rings. The second-order valence-electron chi connectivity index (χ2n) is 2.28. The first kappa shape index (κ1) is 11.8. The zero-order valence-corrected chi connectivity index (χ0v) is 8.26. The lowest BCUT2D eigenvalue weighted by Gasteiger charge is -2.18. The Balaban J connectivity index is 4.15. The first-order chi connectivity index (χ1) is 5.58. The van der Waals surface area contributed by atoms with Gasteiger partial charge in [-0.05, 0) is 6.42 Å². The number of nitrogens with one attached hydrogen (secondary N) is 1. The number of aliphatic hydroxyl groups excluding tert-OH is 1. The smallest absolute Gasteiger partial charge is 0.279 e. The Morgan fingerprint density at radius 3 is 2.42 bits per heavy atom. The van der Waals surface area contributed by atoms with Gasteiger partial charge in [-0.2, -0.15) is 12.7 Å². The zero-order valence-electron chi connectivity index (χ0n) is 7.45. The molecule has 0 saturated carbocycles. The molecular formula is C6H16N2O3S. The number of nitrogens with zero attached hydrogens (tertiary/aromatic N) is 1. The van der Waals surface area contributed by atoms with Crippen LogP contribution in [0.1, 0.15) is 13.3 Å². The van der Waals surface area contributed by atoms with Crippen LogP contribution in [-0.2, 0) is 10.2 Å². The average molecular weight is 196 g/mol. The van der Waals surface area contributed by atoms with Crippen molar-refractivity contribution in [3.8, 4) is 0 Å². The largest absolute Gasteiger partial charge is 0.396 e. The van der Waals surface area contributed by atoms with Gasteiger partial charge in [-0.25, -0.2) is 4.72 Å². The van der Waals surface area contributed by atoms with Crippen LogP contribution in [0.4, 0.5) is 0 Å². The summed E-state index contributed by atoms with van der Waals surface area (Å²) in [6.07, 6.45) is 0.467. The molecule has 0 aromatic carbocycles. The first-order valence-corrected chi connectivity index (χ1v) is 5.32. The van der Waals surface area contributed by atoms with Crippen molar-refractivity contribution in [3.63, 3.8) is 0 Å². The number of hydrogen-bond acceptors (Lipinski definition) is 3. The van der Waals surface area contributed by atoms with Gasteiger partial charge in [-0.15, -0.1) is 0 Å². The van der Waals surface area contributed by atoms with Crippen molar-refractivity contribution in [2.24, 2.45) is 0 Å². The fraction of sp³-hybridized carbons (Fsp3) is 1.00. The van der Waals surface area contributed by atoms with E-state index in [2.05, 4.69) is 4.72 Å². The second-order valence-corrected chi connectivity index (χ2v) is 4.15. The summed E-state index contributed by atoms with van der Waals surface area (Å²) in [5.74, 6) is 0. The van der Waals surface area contributed by atoms with E-state index in [1.807, 2.05) is 0 Å². The van der Waals surface area contributed by atoms with Crippen molar-refractivity contribution < 1.29 is 13.5 Å². The lowest BCUT2D eigenvalue weighted by molar-refractivity contribution is 0.270. The molecule has 0 spiro atoms. The molecule has 2 N–H and O–H groups in total. The Labute approximate surface area is 73.6 Å². The molecule has 12 heavy (non-hydrogen) atoms. The molecule has 0 atom stereocenters. The Bertz CT molecular complexity index is 203. The molecule has 0 unspecified atom stereocenters. The summed E-state index contributed by atoms with van der Waals surface area (Å²) in [5.41, 5.74) is 0. The minimum atomic E-state index is -3.31. The van der Waals surface area contributed by atoms with Crippen LogP contribution < -0.4 is 4.72 Å². The van der Waals surface area contributed by atoms with Crippen LogP contribution >= 0.6 is 0 Å². The SMILES string of the molecule is CCN(CCCO)S(=O)(=O)NC. The minimum Gasteiger partial charge on any atom is -0.396 e. The van der Waals surface area contributed by atoms with Gasteiger partial charge in [0.25, 0.3) is 10.2 Å². The van der Waals surface area contributed by atoms with Crippen LogP contribution in [0.3, 0.4) is 0 Å². The third-order valence-corrected chi connectivity index (χ3v) is 3.15. The van der Waals surface area contributed by atoms with Gasteiger partial charge >= 0.3 is 0 Å². The van der Waals surface area contributed by atoms with Crippen LogP contribution in [0.2, 0.25) is 0 Å². The zero-order chi connectivity index (χ0) is 9.61. The van der Waals surface area contributed by atoms with Crippen LogP contribution in [-0.4, -0.2) is 44.6 Å². The van der Waals surface area contributed by atoms with E-state index in [9.17, 15) is 8.42 Å². The Morgan fingerprint density at radius 2 is 2.08 bits per heavy atom. The highest BCUT2D eigenvalue weighted by atomic mass is 32.2. The highest BCUT2D eigenvalue weighted by Crippen LogP contribution is 1.97. The summed E-state index contributed by atoms with van der Waals surface area (Å²) in [6.45, 7) is 2.54. The summed E-state index contributed by atoms with van der Waals surface area (Å²) < 4.78 is 25.8. The third kappa shape index (κ3) is 3.48. The lowest BCUT2D eigenvalue weighted by atomic mass is 10.4. The lowest BCUT2D eigenvalue weighted by Crippen LogP contribution is -2.39. The summed E-state index contributed by atoms with van der Waals surface area (Å²) in [4.78, 5) is 0. The van der Waals surface area contributed by atoms with E-state index in [-0.39, 0.29) is 6.61 Å². The van der Waals surface area contributed by atoms with Crippen LogP contribution in [0.25, 0.3) is 0 Å². The fourth-order valence-electron chi connectivity index (χ4n) is 0.824. The highest BCUT2D eigenvalue weighted by Gasteiger charge is 2.16. The van der Waals surface area contributed by atoms with Gasteiger partial charge in [0.1, 0.15) is 0 Å². The molecule has 5 nitrogen and oxygen atoms in total. The van der Waals surface area contributed by atoms with E-state index < -0.39 is 10.2 Å². The Kier molecular flexibility index (Phi) is 5.39. The molecule has 0 aromatic heterocycles. The summed E-state index contributed by atoms with van der Waals surface area (Å²) in [5, 5.41) is 8.51. The van der Waals surface area contributed by atoms with Gasteiger partial charge in [0.05, 0.1) is 0 Å². The van der Waals surface area contributed by atoms with Crippen LogP contribution in [0.15, 0.2) is 0 Å². The normalized spacial score (nSPS) is 12.3. The van der Waals surface area contributed by atoms with Gasteiger partial charge in [0.15, 0.2) is 0 Å². The fourth-order valence-corrected chi connectivity index (χ4v) is 1.79. The first-order valence-electron chi connectivity index (χ1n) is 3.88. The van der Waals surface area contributed by atoms with Crippen molar-refractivity contribution in [1.82, 2.24) is 9.03 Å². The molecule has 0 aromatic rings. The van der Waals surface area contributed by atoms with Crippen LogP contribution in [0.5, 0.6) is 0 Å². The summed E-state index contributed by atoms with van der Waals surface area (Å²) in [6, 6.07) is 0. The van der Waals surface area contributed by atoms with Crippen molar-refractivity contribution in [2.75, 3.05) is 26.7 Å². The van der Waals surface area contributed by atoms with E-state index in [0.717, 1.165) is 0 Å². The van der Waals surface area contributed by atoms with Crippen molar-refractivity contribution in [2.45, 2.75) is 13.3 Å². The highest BCUT2D eigenvalue weighted by molar-refractivity contribution is 7.87. The monoisotopic (exact) mass is 196 g/mol. The molecule has 0 amide bonds. The molecule has 0 fully saturated rings. The van der Waals surface area contributed by atoms with Crippen molar-refractivity contribution >= 4 is 10.2 Å². The second kappa shape index (κ2) is 5.47. The average Bonchev–Trinajstić information content (AvgIpc) is 2.05. The number of hydrogen-bond donors (Lipinski definition) is 2. The molecule has 0 aliphatic carbocycles. The van der Waals surface area contributed by atoms with E-state index in [4.69, 9.17) is 5.11 Å². The quantitative estimate of drug-likeness (QED) is 0.581. The van der Waals surface area contributed by atoms with Gasteiger partial charge in [0.2, 0.25) is 0 Å². The predicted molar refractivity (Wildman–Crippen MR) is 46.9 cm³/mol. The number of rotatable bonds is 6. The maximum atomic E-state index is 11.2. The molecule has 0 radical (unpaired) electrons. The van der Waals surface area contributed by atoms with E-state index >= 15 is 0 Å². The molecular weight excluding hydrogens is 180 g/mol. The molecule has 0 aliphatic heterocycles. The van der Waals surface area contributed by atoms with E-state index in [1.165, 1.54) is 11.4 Å². The van der Waals surface area contributed by atoms with Crippen LogP contribution in [0, 0.1) is 0 Å². The molecule has 0 bridgehead atoms. The minimum absolute atomic E-state index is 0.00966. The third-order valence-electron chi connectivity index (χ3n) is 1.52. The summed E-state index contributed by atoms with van der Waals surface area (Å²) in [7, 11) is -1.94. The molecule has 0 heterocycles. The molecule has 0 rings (SSSR count). The number of aliphatic hydroxyl groups is 1. The standard InChI is InChI=1S/C6H16N2O3S/c1-3-8(5-4-6-9)12(10,11)7-2/h7,9H,3-6H2,1-2H3. The predicted octanol–water partition coefficient (Wildman–Crippen LogP) is -0.845. The maximum absolute atomic E-state index is 11.2. The van der Waals surface area contributed by atoms with Gasteiger partial charge in [0, 0.05) is 26.7 Å². The van der Waals surface area contributed by atoms with Gasteiger partial charge in [-0.1, -0.05) is 6.92 Å². The summed E-state index contributed by atoms with van der Waals surface area (Å²) >= 11 is 0. The van der Waals surface area contributed by atoms with Gasteiger partial charge < -0.3 is 5.11 Å². The van der Waals surface area contributed by atoms with Gasteiger partial charge in [-0.3, -0.25) is 0 Å². The van der Waals surface area contributed by atoms with E-state index in [0.29, 0.717) is 19.5 Å². The molecule has 0 saturated heterocycles. The topological polar surface area (TPSA) is 69.6 Å². The Hall–Kier alpha value is -0.170. The van der Waals surface area contributed by atoms with Crippen molar-refractivity contribution in [1.29, 1.82) is 0 Å². The molecule has 6 heteroatoms. The maximum Gasteiger partial charge on any atom is 0.279 e. The van der Waals surface area contributed by atoms with E-state index in [1.54, 1.807) is 6.92 Å². The van der Waals surface area contributed by atoms with Crippen molar-refractivity contribution in [3.05, 3.63) is 0 Å². The Morgan fingerprint density at radius 1 is 1.50 bits per heavy atom. The molecule has 74 valence electrons.